The Morgan fingerprint density at radius 3 is 2.58 bits per heavy atom. The summed E-state index contributed by atoms with van der Waals surface area (Å²) < 4.78 is 20.2. The molecule has 108 valence electrons. The summed E-state index contributed by atoms with van der Waals surface area (Å²) in [5.74, 6) is 0.766. The highest BCUT2D eigenvalue weighted by Gasteiger charge is 2.21. The molecule has 1 aromatic rings. The molecule has 0 radical (unpaired) electrons. The van der Waals surface area contributed by atoms with Crippen LogP contribution in [-0.2, 0) is 17.4 Å². The van der Waals surface area contributed by atoms with Gasteiger partial charge in [-0.05, 0) is 51.8 Å². The first-order valence-corrected chi connectivity index (χ1v) is 7.77. The Morgan fingerprint density at radius 2 is 2.05 bits per heavy atom. The summed E-state index contributed by atoms with van der Waals surface area (Å²) in [7, 11) is 0.555. The van der Waals surface area contributed by atoms with E-state index in [-0.39, 0.29) is 10.8 Å². The van der Waals surface area contributed by atoms with Crippen molar-refractivity contribution in [3.63, 3.8) is 0 Å². The Hall–Kier alpha value is -0.580. The van der Waals surface area contributed by atoms with E-state index in [0.717, 1.165) is 17.7 Å². The molecule has 0 saturated heterocycles. The predicted octanol–water partition coefficient (Wildman–Crippen LogP) is 3.33. The van der Waals surface area contributed by atoms with Crippen molar-refractivity contribution in [1.82, 2.24) is 4.72 Å². The van der Waals surface area contributed by atoms with Gasteiger partial charge in [-0.25, -0.2) is 8.93 Å². The second kappa shape index (κ2) is 6.73. The van der Waals surface area contributed by atoms with Crippen LogP contribution in [0.1, 0.15) is 33.3 Å². The standard InChI is InChI=1S/C14H22ClNO2S/c1-10(16-19(17)14(2,3)4)8-11-6-7-12(15)9-13(11)18-5/h6-7,9-10,16H,8H2,1-5H3/t10-,19?/m0/s1. The molecule has 0 amide bonds. The number of hydrogen-bond acceptors (Lipinski definition) is 2. The van der Waals surface area contributed by atoms with Gasteiger partial charge in [0.1, 0.15) is 5.75 Å². The predicted molar refractivity (Wildman–Crippen MR) is 82.2 cm³/mol. The normalized spacial score (nSPS) is 15.1. The number of benzene rings is 1. The molecule has 1 aromatic carbocycles. The minimum Gasteiger partial charge on any atom is -0.496 e. The molecule has 0 aliphatic carbocycles. The summed E-state index contributed by atoms with van der Waals surface area (Å²) in [5, 5.41) is 0.652. The van der Waals surface area contributed by atoms with E-state index in [9.17, 15) is 4.21 Å². The Labute approximate surface area is 123 Å². The monoisotopic (exact) mass is 303 g/mol. The van der Waals surface area contributed by atoms with E-state index in [2.05, 4.69) is 4.72 Å². The molecular formula is C14H22ClNO2S. The summed E-state index contributed by atoms with van der Waals surface area (Å²) in [4.78, 5) is 0. The molecule has 0 fully saturated rings. The molecule has 0 bridgehead atoms. The van der Waals surface area contributed by atoms with E-state index in [4.69, 9.17) is 16.3 Å². The number of ether oxygens (including phenoxy) is 1. The van der Waals surface area contributed by atoms with E-state index >= 15 is 0 Å². The van der Waals surface area contributed by atoms with Crippen LogP contribution in [0.25, 0.3) is 0 Å². The lowest BCUT2D eigenvalue weighted by molar-refractivity contribution is 0.408. The van der Waals surface area contributed by atoms with Gasteiger partial charge in [0.15, 0.2) is 0 Å². The number of methoxy groups -OCH3 is 1. The molecule has 5 heteroatoms. The van der Waals surface area contributed by atoms with Crippen LogP contribution in [0.5, 0.6) is 5.75 Å². The lowest BCUT2D eigenvalue weighted by atomic mass is 10.1. The van der Waals surface area contributed by atoms with Crippen LogP contribution in [0.3, 0.4) is 0 Å². The molecule has 1 rings (SSSR count). The fourth-order valence-corrected chi connectivity index (χ4v) is 2.58. The third-order valence-electron chi connectivity index (χ3n) is 2.64. The van der Waals surface area contributed by atoms with Crippen molar-refractivity contribution in [2.24, 2.45) is 0 Å². The quantitative estimate of drug-likeness (QED) is 0.906. The van der Waals surface area contributed by atoms with E-state index in [0.29, 0.717) is 5.02 Å². The van der Waals surface area contributed by atoms with Crippen LogP contribution in [-0.4, -0.2) is 22.1 Å². The van der Waals surface area contributed by atoms with Crippen molar-refractivity contribution in [1.29, 1.82) is 0 Å². The van der Waals surface area contributed by atoms with Crippen LogP contribution in [0.4, 0.5) is 0 Å². The molecule has 2 atom stereocenters. The van der Waals surface area contributed by atoms with E-state index in [1.807, 2.05) is 39.8 Å². The summed E-state index contributed by atoms with van der Waals surface area (Å²) in [5.41, 5.74) is 1.05. The number of hydrogen-bond donors (Lipinski definition) is 1. The van der Waals surface area contributed by atoms with Gasteiger partial charge >= 0.3 is 0 Å². The maximum Gasteiger partial charge on any atom is 0.123 e. The van der Waals surface area contributed by atoms with Gasteiger partial charge in [-0.15, -0.1) is 0 Å². The van der Waals surface area contributed by atoms with Gasteiger partial charge in [-0.2, -0.15) is 0 Å². The number of nitrogens with one attached hydrogen (secondary N) is 1. The van der Waals surface area contributed by atoms with Gasteiger partial charge in [-0.1, -0.05) is 17.7 Å². The Balaban J connectivity index is 2.72. The van der Waals surface area contributed by atoms with Gasteiger partial charge in [0.05, 0.1) is 22.8 Å². The van der Waals surface area contributed by atoms with Crippen LogP contribution in [0.15, 0.2) is 18.2 Å². The Morgan fingerprint density at radius 1 is 1.42 bits per heavy atom. The second-order valence-corrected chi connectivity index (χ2v) is 7.99. The minimum absolute atomic E-state index is 0.0927. The van der Waals surface area contributed by atoms with E-state index < -0.39 is 11.0 Å². The van der Waals surface area contributed by atoms with Crippen LogP contribution in [0.2, 0.25) is 5.02 Å². The zero-order valence-corrected chi connectivity index (χ0v) is 13.7. The molecule has 0 aromatic heterocycles. The molecule has 0 spiro atoms. The van der Waals surface area contributed by atoms with Crippen LogP contribution < -0.4 is 9.46 Å². The molecule has 19 heavy (non-hydrogen) atoms. The highest BCUT2D eigenvalue weighted by Crippen LogP contribution is 2.24. The third-order valence-corrected chi connectivity index (χ3v) is 4.60. The third kappa shape index (κ3) is 5.13. The van der Waals surface area contributed by atoms with Crippen molar-refractivity contribution < 1.29 is 8.95 Å². The zero-order valence-electron chi connectivity index (χ0n) is 12.1. The van der Waals surface area contributed by atoms with Crippen LogP contribution in [0, 0.1) is 0 Å². The molecule has 3 nitrogen and oxygen atoms in total. The average Bonchev–Trinajstić information content (AvgIpc) is 2.30. The van der Waals surface area contributed by atoms with Gasteiger partial charge in [0, 0.05) is 11.1 Å². The molecule has 1 N–H and O–H groups in total. The minimum atomic E-state index is -1.07. The first kappa shape index (κ1) is 16.5. The van der Waals surface area contributed by atoms with E-state index in [1.54, 1.807) is 13.2 Å². The molecule has 0 aliphatic rings. The van der Waals surface area contributed by atoms with Crippen molar-refractivity contribution in [2.45, 2.75) is 44.9 Å². The van der Waals surface area contributed by atoms with Crippen molar-refractivity contribution in [3.8, 4) is 5.75 Å². The fourth-order valence-electron chi connectivity index (χ4n) is 1.62. The zero-order chi connectivity index (χ0) is 14.6. The lowest BCUT2D eigenvalue weighted by Gasteiger charge is -2.22. The Bertz CT molecular complexity index is 457. The molecule has 0 aliphatic heterocycles. The van der Waals surface area contributed by atoms with Gasteiger partial charge < -0.3 is 4.74 Å². The summed E-state index contributed by atoms with van der Waals surface area (Å²) in [6.45, 7) is 7.86. The highest BCUT2D eigenvalue weighted by atomic mass is 35.5. The van der Waals surface area contributed by atoms with Crippen LogP contribution >= 0.6 is 11.6 Å². The molecule has 0 heterocycles. The van der Waals surface area contributed by atoms with Crippen molar-refractivity contribution >= 4 is 22.6 Å². The topological polar surface area (TPSA) is 38.3 Å². The fraction of sp³-hybridized carbons (Fsp3) is 0.571. The maximum absolute atomic E-state index is 12.0. The van der Waals surface area contributed by atoms with Gasteiger partial charge in [0.2, 0.25) is 0 Å². The van der Waals surface area contributed by atoms with Gasteiger partial charge in [-0.3, -0.25) is 0 Å². The van der Waals surface area contributed by atoms with Crippen molar-refractivity contribution in [2.75, 3.05) is 7.11 Å². The molecule has 1 unspecified atom stereocenters. The lowest BCUT2D eigenvalue weighted by Crippen LogP contribution is -2.39. The first-order valence-electron chi connectivity index (χ1n) is 6.24. The maximum atomic E-state index is 12.0. The second-order valence-electron chi connectivity index (χ2n) is 5.56. The van der Waals surface area contributed by atoms with E-state index in [1.165, 1.54) is 0 Å². The smallest absolute Gasteiger partial charge is 0.123 e. The SMILES string of the molecule is COc1cc(Cl)ccc1C[C@H](C)NS(=O)C(C)(C)C. The summed E-state index contributed by atoms with van der Waals surface area (Å²) in [6, 6.07) is 5.67. The summed E-state index contributed by atoms with van der Waals surface area (Å²) >= 11 is 5.93. The van der Waals surface area contributed by atoms with Crippen molar-refractivity contribution in [3.05, 3.63) is 28.8 Å². The highest BCUT2D eigenvalue weighted by molar-refractivity contribution is 7.84. The number of halogens is 1. The molecular weight excluding hydrogens is 282 g/mol. The average molecular weight is 304 g/mol. The first-order chi connectivity index (χ1) is 8.74. The Kier molecular flexibility index (Phi) is 5.83. The van der Waals surface area contributed by atoms with Gasteiger partial charge in [0.25, 0.3) is 0 Å². The number of rotatable bonds is 5. The molecule has 0 saturated carbocycles. The summed E-state index contributed by atoms with van der Waals surface area (Å²) in [6.07, 6.45) is 0.738. The largest absolute Gasteiger partial charge is 0.496 e.